The Kier molecular flexibility index (Phi) is 8.07. The maximum Gasteiger partial charge on any atom is 0.343 e. The van der Waals surface area contributed by atoms with Crippen LogP contribution in [0.1, 0.15) is 28.4 Å². The van der Waals surface area contributed by atoms with E-state index >= 15 is 0 Å². The fourth-order valence-electron chi connectivity index (χ4n) is 4.16. The molecular weight excluding hydrogens is 602 g/mol. The van der Waals surface area contributed by atoms with Crippen molar-refractivity contribution in [2.24, 2.45) is 0 Å². The van der Waals surface area contributed by atoms with E-state index < -0.39 is 5.97 Å². The summed E-state index contributed by atoms with van der Waals surface area (Å²) in [4.78, 5) is 40.3. The maximum atomic E-state index is 13.2. The molecule has 1 saturated heterocycles. The second kappa shape index (κ2) is 11.7. The smallest absolute Gasteiger partial charge is 0.343 e. The largest absolute Gasteiger partial charge is 0.490 e. The third-order valence-electron chi connectivity index (χ3n) is 5.99. The van der Waals surface area contributed by atoms with Crippen molar-refractivity contribution in [2.75, 3.05) is 6.61 Å². The Bertz CT molecular complexity index is 1630. The van der Waals surface area contributed by atoms with E-state index in [0.717, 1.165) is 28.1 Å². The van der Waals surface area contributed by atoms with Crippen LogP contribution in [0, 0.1) is 0 Å². The van der Waals surface area contributed by atoms with Crippen LogP contribution in [0.4, 0.5) is 4.79 Å². The number of fused-ring (bicyclic) bond motifs is 1. The number of carbonyl (C=O) groups excluding carboxylic acids is 3. The second-order valence-corrected chi connectivity index (χ2v) is 10.8. The fraction of sp³-hybridized carbons (Fsp3) is 0.100. The Hall–Kier alpha value is -3.59. The van der Waals surface area contributed by atoms with Gasteiger partial charge in [-0.2, -0.15) is 0 Å². The average Bonchev–Trinajstić information content (AvgIpc) is 3.18. The van der Waals surface area contributed by atoms with Gasteiger partial charge in [0.2, 0.25) is 0 Å². The van der Waals surface area contributed by atoms with Crippen LogP contribution in [-0.4, -0.2) is 28.6 Å². The van der Waals surface area contributed by atoms with Gasteiger partial charge in [-0.3, -0.25) is 14.5 Å². The molecule has 4 aromatic rings. The highest BCUT2D eigenvalue weighted by Crippen LogP contribution is 2.40. The number of ether oxygens (including phenoxy) is 2. The molecule has 0 bridgehead atoms. The van der Waals surface area contributed by atoms with Crippen LogP contribution >= 0.6 is 39.3 Å². The van der Waals surface area contributed by atoms with Crippen LogP contribution in [0.5, 0.6) is 11.5 Å². The van der Waals surface area contributed by atoms with Gasteiger partial charge in [0.05, 0.1) is 28.1 Å². The molecule has 4 aromatic carbocycles. The van der Waals surface area contributed by atoms with Gasteiger partial charge in [-0.05, 0) is 99.0 Å². The number of halogens is 2. The first-order chi connectivity index (χ1) is 18.8. The quantitative estimate of drug-likeness (QED) is 0.118. The topological polar surface area (TPSA) is 72.9 Å². The summed E-state index contributed by atoms with van der Waals surface area (Å²) in [5.74, 6) is -0.422. The molecular formula is C30H21BrClNO5S. The summed E-state index contributed by atoms with van der Waals surface area (Å²) < 4.78 is 11.8. The highest BCUT2D eigenvalue weighted by molar-refractivity contribution is 9.10. The van der Waals surface area contributed by atoms with Gasteiger partial charge in [0.1, 0.15) is 0 Å². The SMILES string of the molecule is CCOc1cc(/C=C2\SC(=O)N(Cc3cccc4ccccc34)C2=O)cc(Br)c1OC(=O)c1ccc(Cl)cc1. The third kappa shape index (κ3) is 5.88. The number of benzene rings is 4. The Morgan fingerprint density at radius 1 is 1.03 bits per heavy atom. The van der Waals surface area contributed by atoms with E-state index in [4.69, 9.17) is 21.1 Å². The average molecular weight is 623 g/mol. The highest BCUT2D eigenvalue weighted by atomic mass is 79.9. The van der Waals surface area contributed by atoms with Crippen LogP contribution in [-0.2, 0) is 11.3 Å². The molecule has 9 heteroatoms. The molecule has 0 radical (unpaired) electrons. The monoisotopic (exact) mass is 621 g/mol. The molecule has 0 N–H and O–H groups in total. The van der Waals surface area contributed by atoms with E-state index in [9.17, 15) is 14.4 Å². The van der Waals surface area contributed by atoms with E-state index in [-0.39, 0.29) is 23.4 Å². The first-order valence-corrected chi connectivity index (χ1v) is 14.0. The molecule has 5 rings (SSSR count). The molecule has 0 aromatic heterocycles. The molecule has 1 aliphatic heterocycles. The van der Waals surface area contributed by atoms with Gasteiger partial charge in [-0.1, -0.05) is 54.1 Å². The van der Waals surface area contributed by atoms with E-state index in [1.165, 1.54) is 4.90 Å². The number of nitrogens with zero attached hydrogens (tertiary/aromatic N) is 1. The summed E-state index contributed by atoms with van der Waals surface area (Å²) in [6, 6.07) is 23.4. The van der Waals surface area contributed by atoms with Crippen molar-refractivity contribution in [3.05, 3.63) is 110 Å². The molecule has 6 nitrogen and oxygen atoms in total. The van der Waals surface area contributed by atoms with Gasteiger partial charge < -0.3 is 9.47 Å². The molecule has 0 atom stereocenters. The van der Waals surface area contributed by atoms with E-state index in [1.54, 1.807) is 42.5 Å². The summed E-state index contributed by atoms with van der Waals surface area (Å²) in [5, 5.41) is 2.21. The summed E-state index contributed by atoms with van der Waals surface area (Å²) in [5.41, 5.74) is 1.83. The lowest BCUT2D eigenvalue weighted by molar-refractivity contribution is -0.123. The Morgan fingerprint density at radius 3 is 2.54 bits per heavy atom. The number of thioether (sulfide) groups is 1. The predicted octanol–water partition coefficient (Wildman–Crippen LogP) is 8.11. The zero-order chi connectivity index (χ0) is 27.5. The van der Waals surface area contributed by atoms with Crippen molar-refractivity contribution >= 4 is 73.3 Å². The molecule has 196 valence electrons. The number of hydrogen-bond donors (Lipinski definition) is 0. The molecule has 1 heterocycles. The molecule has 1 fully saturated rings. The van der Waals surface area contributed by atoms with Crippen molar-refractivity contribution in [3.63, 3.8) is 0 Å². The number of amides is 2. The van der Waals surface area contributed by atoms with Crippen molar-refractivity contribution in [1.29, 1.82) is 0 Å². The number of imide groups is 1. The predicted molar refractivity (Wildman–Crippen MR) is 157 cm³/mol. The van der Waals surface area contributed by atoms with Crippen molar-refractivity contribution < 1.29 is 23.9 Å². The molecule has 0 spiro atoms. The minimum atomic E-state index is -0.573. The fourth-order valence-corrected chi connectivity index (χ4v) is 5.66. The number of hydrogen-bond acceptors (Lipinski definition) is 6. The molecule has 0 unspecified atom stereocenters. The summed E-state index contributed by atoms with van der Waals surface area (Å²) in [6.07, 6.45) is 1.63. The van der Waals surface area contributed by atoms with Gasteiger partial charge in [-0.25, -0.2) is 4.79 Å². The lowest BCUT2D eigenvalue weighted by Gasteiger charge is -2.15. The van der Waals surface area contributed by atoms with Gasteiger partial charge >= 0.3 is 5.97 Å². The minimum absolute atomic E-state index is 0.177. The van der Waals surface area contributed by atoms with Crippen LogP contribution < -0.4 is 9.47 Å². The zero-order valence-corrected chi connectivity index (χ0v) is 23.8. The molecule has 0 saturated carbocycles. The number of rotatable bonds is 7. The molecule has 39 heavy (non-hydrogen) atoms. The number of carbonyl (C=O) groups is 3. The van der Waals surface area contributed by atoms with Gasteiger partial charge in [0, 0.05) is 5.02 Å². The van der Waals surface area contributed by atoms with Gasteiger partial charge in [-0.15, -0.1) is 0 Å². The molecule has 1 aliphatic rings. The van der Waals surface area contributed by atoms with Crippen LogP contribution in [0.2, 0.25) is 5.02 Å². The maximum absolute atomic E-state index is 13.2. The first kappa shape index (κ1) is 27.0. The summed E-state index contributed by atoms with van der Waals surface area (Å²) in [7, 11) is 0. The van der Waals surface area contributed by atoms with Crippen LogP contribution in [0.15, 0.2) is 88.2 Å². The van der Waals surface area contributed by atoms with E-state index in [2.05, 4.69) is 15.9 Å². The standard InChI is InChI=1S/C30H21BrClNO5S/c1-2-37-25-15-18(14-24(31)27(25)38-29(35)20-10-12-22(32)13-11-20)16-26-28(34)33(30(36)39-26)17-21-8-5-7-19-6-3-4-9-23(19)21/h3-16H,2,17H2,1H3/b26-16-. The lowest BCUT2D eigenvalue weighted by atomic mass is 10.0. The Balaban J connectivity index is 1.40. The molecule has 0 aliphatic carbocycles. The second-order valence-electron chi connectivity index (χ2n) is 8.57. The third-order valence-corrected chi connectivity index (χ3v) is 7.73. The highest BCUT2D eigenvalue weighted by Gasteiger charge is 2.35. The van der Waals surface area contributed by atoms with E-state index in [1.807, 2.05) is 49.4 Å². The lowest BCUT2D eigenvalue weighted by Crippen LogP contribution is -2.27. The van der Waals surface area contributed by atoms with Crippen LogP contribution in [0.3, 0.4) is 0 Å². The van der Waals surface area contributed by atoms with Crippen LogP contribution in [0.25, 0.3) is 16.8 Å². The normalized spacial score (nSPS) is 14.3. The Morgan fingerprint density at radius 2 is 1.77 bits per heavy atom. The van der Waals surface area contributed by atoms with Gasteiger partial charge in [0.25, 0.3) is 11.1 Å². The first-order valence-electron chi connectivity index (χ1n) is 12.0. The zero-order valence-electron chi connectivity index (χ0n) is 20.6. The molecule has 2 amide bonds. The van der Waals surface area contributed by atoms with E-state index in [0.29, 0.717) is 37.9 Å². The minimum Gasteiger partial charge on any atom is -0.490 e. The number of esters is 1. The summed E-state index contributed by atoms with van der Waals surface area (Å²) >= 11 is 10.3. The van der Waals surface area contributed by atoms with Gasteiger partial charge in [0.15, 0.2) is 11.5 Å². The van der Waals surface area contributed by atoms with Crippen molar-refractivity contribution in [1.82, 2.24) is 4.90 Å². The van der Waals surface area contributed by atoms with Crippen molar-refractivity contribution in [2.45, 2.75) is 13.5 Å². The van der Waals surface area contributed by atoms with Crippen molar-refractivity contribution in [3.8, 4) is 11.5 Å². The Labute approximate surface area is 242 Å². The summed E-state index contributed by atoms with van der Waals surface area (Å²) in [6.45, 7) is 2.31.